The normalized spacial score (nSPS) is 10.3. The van der Waals surface area contributed by atoms with Crippen molar-refractivity contribution >= 4 is 39.3 Å². The Balaban J connectivity index is 2.30. The molecule has 0 spiro atoms. The molecule has 0 amide bonds. The monoisotopic (exact) mass is 297 g/mol. The van der Waals surface area contributed by atoms with E-state index in [0.717, 1.165) is 9.37 Å². The molecule has 0 saturated heterocycles. The molecule has 4 N–H and O–H groups in total. The van der Waals surface area contributed by atoms with Gasteiger partial charge in [-0.3, -0.25) is 4.98 Å². The number of nitrogens with zero attached hydrogens (tertiary/aromatic N) is 3. The van der Waals surface area contributed by atoms with Crippen LogP contribution in [0.1, 0.15) is 0 Å². The average molecular weight is 298 g/mol. The first-order valence-corrected chi connectivity index (χ1v) is 5.93. The van der Waals surface area contributed by atoms with Crippen LogP contribution in [0.3, 0.4) is 0 Å². The fourth-order valence-electron chi connectivity index (χ4n) is 1.05. The van der Waals surface area contributed by atoms with E-state index in [0.29, 0.717) is 16.8 Å². The molecule has 0 radical (unpaired) electrons. The highest BCUT2D eigenvalue weighted by Crippen LogP contribution is 2.31. The lowest BCUT2D eigenvalue weighted by Gasteiger charge is -2.03. The lowest BCUT2D eigenvalue weighted by atomic mass is 10.5. The van der Waals surface area contributed by atoms with Crippen LogP contribution in [0.25, 0.3) is 0 Å². The molecule has 2 rings (SSSR count). The number of aromatic nitrogens is 3. The van der Waals surface area contributed by atoms with Gasteiger partial charge in [-0.25, -0.2) is 9.97 Å². The van der Waals surface area contributed by atoms with Gasteiger partial charge in [-0.15, -0.1) is 0 Å². The van der Waals surface area contributed by atoms with Gasteiger partial charge in [0.1, 0.15) is 11.6 Å². The van der Waals surface area contributed by atoms with Gasteiger partial charge in [0.05, 0.1) is 0 Å². The minimum atomic E-state index is 0.361. The number of hydrogen-bond donors (Lipinski definition) is 2. The van der Waals surface area contributed by atoms with Crippen LogP contribution in [0.2, 0.25) is 0 Å². The Bertz CT molecular complexity index is 499. The van der Waals surface area contributed by atoms with E-state index < -0.39 is 0 Å². The molecular formula is C9H8BrN5S. The fourth-order valence-corrected chi connectivity index (χ4v) is 2.32. The molecule has 82 valence electrons. The molecule has 16 heavy (non-hydrogen) atoms. The van der Waals surface area contributed by atoms with E-state index in [2.05, 4.69) is 30.9 Å². The number of nitrogen functional groups attached to an aromatic ring is 2. The molecule has 0 saturated carbocycles. The second-order valence-corrected chi connectivity index (χ2v) is 4.77. The van der Waals surface area contributed by atoms with Gasteiger partial charge in [-0.05, 0) is 33.8 Å². The third-order valence-corrected chi connectivity index (χ3v) is 3.52. The lowest BCUT2D eigenvalue weighted by molar-refractivity contribution is 0.983. The largest absolute Gasteiger partial charge is 0.383 e. The van der Waals surface area contributed by atoms with Crippen LogP contribution >= 0.6 is 27.7 Å². The van der Waals surface area contributed by atoms with Crippen molar-refractivity contribution < 1.29 is 0 Å². The molecule has 0 atom stereocenters. The van der Waals surface area contributed by atoms with Gasteiger partial charge < -0.3 is 11.5 Å². The van der Waals surface area contributed by atoms with Crippen molar-refractivity contribution in [3.05, 3.63) is 29.0 Å². The van der Waals surface area contributed by atoms with E-state index in [9.17, 15) is 0 Å². The standard InChI is InChI=1S/C9H8BrN5S/c10-5-4-13-2-1-6(5)16-9-14-7(11)3-8(12)15-9/h1-4H,(H4,11,12,14,15). The summed E-state index contributed by atoms with van der Waals surface area (Å²) in [5.41, 5.74) is 11.2. The van der Waals surface area contributed by atoms with Crippen molar-refractivity contribution in [2.45, 2.75) is 10.1 Å². The summed E-state index contributed by atoms with van der Waals surface area (Å²) in [6, 6.07) is 3.38. The molecule has 2 heterocycles. The van der Waals surface area contributed by atoms with E-state index in [1.54, 1.807) is 12.4 Å². The number of nitrogens with two attached hydrogens (primary N) is 2. The van der Waals surface area contributed by atoms with Crippen molar-refractivity contribution in [3.63, 3.8) is 0 Å². The van der Waals surface area contributed by atoms with E-state index in [1.807, 2.05) is 6.07 Å². The van der Waals surface area contributed by atoms with E-state index in [4.69, 9.17) is 11.5 Å². The maximum absolute atomic E-state index is 5.58. The topological polar surface area (TPSA) is 90.7 Å². The summed E-state index contributed by atoms with van der Waals surface area (Å²) >= 11 is 4.76. The number of pyridine rings is 1. The van der Waals surface area contributed by atoms with Crippen molar-refractivity contribution in [2.75, 3.05) is 11.5 Å². The summed E-state index contributed by atoms with van der Waals surface area (Å²) < 4.78 is 0.879. The maximum Gasteiger partial charge on any atom is 0.196 e. The van der Waals surface area contributed by atoms with Crippen LogP contribution in [0.15, 0.2) is 39.1 Å². The third-order valence-electron chi connectivity index (χ3n) is 1.68. The number of hydrogen-bond acceptors (Lipinski definition) is 6. The second-order valence-electron chi connectivity index (χ2n) is 2.91. The number of anilines is 2. The molecule has 0 aliphatic rings. The third kappa shape index (κ3) is 2.61. The Labute approximate surface area is 105 Å². The van der Waals surface area contributed by atoms with Crippen LogP contribution in [0.5, 0.6) is 0 Å². The minimum Gasteiger partial charge on any atom is -0.383 e. The quantitative estimate of drug-likeness (QED) is 0.823. The first-order chi connectivity index (χ1) is 7.65. The molecule has 5 nitrogen and oxygen atoms in total. The highest BCUT2D eigenvalue weighted by Gasteiger charge is 2.06. The van der Waals surface area contributed by atoms with Gasteiger partial charge >= 0.3 is 0 Å². The molecule has 7 heteroatoms. The van der Waals surface area contributed by atoms with Gasteiger partial charge in [0.25, 0.3) is 0 Å². The Morgan fingerprint density at radius 3 is 2.50 bits per heavy atom. The average Bonchev–Trinajstić information content (AvgIpc) is 2.20. The van der Waals surface area contributed by atoms with Crippen LogP contribution in [-0.4, -0.2) is 15.0 Å². The minimum absolute atomic E-state index is 0.361. The molecule has 0 aliphatic carbocycles. The van der Waals surface area contributed by atoms with Crippen LogP contribution in [0.4, 0.5) is 11.6 Å². The predicted molar refractivity (Wildman–Crippen MR) is 66.9 cm³/mol. The van der Waals surface area contributed by atoms with Gasteiger partial charge in [-0.2, -0.15) is 0 Å². The Morgan fingerprint density at radius 1 is 1.19 bits per heavy atom. The Morgan fingerprint density at radius 2 is 1.88 bits per heavy atom. The molecule has 0 aromatic carbocycles. The first-order valence-electron chi connectivity index (χ1n) is 4.32. The van der Waals surface area contributed by atoms with Gasteiger partial charge in [0.15, 0.2) is 5.16 Å². The SMILES string of the molecule is Nc1cc(N)nc(Sc2ccncc2Br)n1. The van der Waals surface area contributed by atoms with Crippen molar-refractivity contribution in [2.24, 2.45) is 0 Å². The van der Waals surface area contributed by atoms with Gasteiger partial charge in [-0.1, -0.05) is 0 Å². The zero-order chi connectivity index (χ0) is 11.5. The Kier molecular flexibility index (Phi) is 3.25. The van der Waals surface area contributed by atoms with Crippen LogP contribution in [-0.2, 0) is 0 Å². The van der Waals surface area contributed by atoms with Crippen molar-refractivity contribution in [1.29, 1.82) is 0 Å². The summed E-state index contributed by atoms with van der Waals surface area (Å²) in [7, 11) is 0. The molecule has 0 fully saturated rings. The molecule has 2 aromatic rings. The highest BCUT2D eigenvalue weighted by molar-refractivity contribution is 9.10. The van der Waals surface area contributed by atoms with Crippen LogP contribution < -0.4 is 11.5 Å². The van der Waals surface area contributed by atoms with E-state index in [1.165, 1.54) is 17.8 Å². The number of rotatable bonds is 2. The molecular weight excluding hydrogens is 290 g/mol. The van der Waals surface area contributed by atoms with Crippen molar-refractivity contribution in [1.82, 2.24) is 15.0 Å². The van der Waals surface area contributed by atoms with E-state index >= 15 is 0 Å². The fraction of sp³-hybridized carbons (Fsp3) is 0. The number of halogens is 1. The zero-order valence-corrected chi connectivity index (χ0v) is 10.5. The summed E-state index contributed by atoms with van der Waals surface area (Å²) in [6.45, 7) is 0. The molecule has 0 unspecified atom stereocenters. The maximum atomic E-state index is 5.58. The smallest absolute Gasteiger partial charge is 0.196 e. The van der Waals surface area contributed by atoms with Gasteiger partial charge in [0, 0.05) is 27.8 Å². The predicted octanol–water partition coefficient (Wildman–Crippen LogP) is 1.95. The summed E-state index contributed by atoms with van der Waals surface area (Å²) in [4.78, 5) is 13.1. The first kappa shape index (κ1) is 11.2. The Hall–Kier alpha value is -1.34. The second kappa shape index (κ2) is 4.67. The summed E-state index contributed by atoms with van der Waals surface area (Å²) in [6.07, 6.45) is 3.40. The van der Waals surface area contributed by atoms with Gasteiger partial charge in [0.2, 0.25) is 0 Å². The highest BCUT2D eigenvalue weighted by atomic mass is 79.9. The summed E-state index contributed by atoms with van der Waals surface area (Å²) in [5.74, 6) is 0.723. The van der Waals surface area contributed by atoms with Crippen molar-refractivity contribution in [3.8, 4) is 0 Å². The van der Waals surface area contributed by atoms with E-state index in [-0.39, 0.29) is 0 Å². The molecule has 2 aromatic heterocycles. The van der Waals surface area contributed by atoms with Crippen LogP contribution in [0, 0.1) is 0 Å². The summed E-state index contributed by atoms with van der Waals surface area (Å²) in [5, 5.41) is 0.518. The molecule has 0 bridgehead atoms. The molecule has 0 aliphatic heterocycles. The lowest BCUT2D eigenvalue weighted by Crippen LogP contribution is -1.99. The zero-order valence-electron chi connectivity index (χ0n) is 8.09.